The third-order valence-corrected chi connectivity index (χ3v) is 4.76. The summed E-state index contributed by atoms with van der Waals surface area (Å²) in [6, 6.07) is 0.784. The van der Waals surface area contributed by atoms with Gasteiger partial charge in [-0.25, -0.2) is 0 Å². The van der Waals surface area contributed by atoms with Crippen molar-refractivity contribution in [2.45, 2.75) is 51.8 Å². The molecule has 0 aromatic carbocycles. The van der Waals surface area contributed by atoms with Gasteiger partial charge in [-0.2, -0.15) is 11.8 Å². The van der Waals surface area contributed by atoms with Crippen molar-refractivity contribution in [3.8, 4) is 0 Å². The summed E-state index contributed by atoms with van der Waals surface area (Å²) in [5, 5.41) is 4.42. The third-order valence-electron chi connectivity index (χ3n) is 3.13. The number of thioether (sulfide) groups is 1. The predicted octanol–water partition coefficient (Wildman–Crippen LogP) is 3.15. The van der Waals surface area contributed by atoms with E-state index in [0.29, 0.717) is 0 Å². The minimum Gasteiger partial charge on any atom is -0.313 e. The van der Waals surface area contributed by atoms with Gasteiger partial charge in [-0.3, -0.25) is 0 Å². The summed E-state index contributed by atoms with van der Waals surface area (Å²) >= 11 is 2.14. The van der Waals surface area contributed by atoms with Crippen LogP contribution in [0.5, 0.6) is 0 Å². The molecule has 2 atom stereocenters. The van der Waals surface area contributed by atoms with Gasteiger partial charge in [0, 0.05) is 17.0 Å². The van der Waals surface area contributed by atoms with Crippen LogP contribution in [0.3, 0.4) is 0 Å². The van der Waals surface area contributed by atoms with Crippen molar-refractivity contribution in [1.29, 1.82) is 0 Å². The minimum absolute atomic E-state index is 0.784. The van der Waals surface area contributed by atoms with E-state index in [-0.39, 0.29) is 0 Å². The molecule has 0 bridgehead atoms. The predicted molar refractivity (Wildman–Crippen MR) is 66.9 cm³/mol. The molecule has 1 nitrogen and oxygen atoms in total. The molecule has 1 N–H and O–H groups in total. The highest BCUT2D eigenvalue weighted by atomic mass is 32.2. The number of hydrogen-bond donors (Lipinski definition) is 1. The normalized spacial score (nSPS) is 21.2. The smallest absolute Gasteiger partial charge is 0.0186 e. The molecule has 2 unspecified atom stereocenters. The second kappa shape index (κ2) is 6.02. The molecule has 0 spiro atoms. The zero-order valence-corrected chi connectivity index (χ0v) is 10.9. The molecule has 0 saturated heterocycles. The zero-order valence-electron chi connectivity index (χ0n) is 10.0. The Morgan fingerprint density at radius 1 is 1.29 bits per heavy atom. The van der Waals surface area contributed by atoms with Crippen molar-refractivity contribution in [2.75, 3.05) is 12.3 Å². The maximum absolute atomic E-state index is 3.62. The first-order valence-electron chi connectivity index (χ1n) is 6.00. The average Bonchev–Trinajstić information content (AvgIpc) is 2.94. The van der Waals surface area contributed by atoms with E-state index >= 15 is 0 Å². The van der Waals surface area contributed by atoms with Gasteiger partial charge in [0.15, 0.2) is 0 Å². The van der Waals surface area contributed by atoms with Gasteiger partial charge in [-0.05, 0) is 31.2 Å². The highest BCUT2D eigenvalue weighted by Crippen LogP contribution is 2.35. The average molecular weight is 215 g/mol. The molecule has 0 aromatic heterocycles. The molecule has 1 rings (SSSR count). The zero-order chi connectivity index (χ0) is 10.6. The second-order valence-electron chi connectivity index (χ2n) is 4.78. The summed E-state index contributed by atoms with van der Waals surface area (Å²) in [6.45, 7) is 10.3. The first-order valence-corrected chi connectivity index (χ1v) is 7.05. The standard InChI is InChI=1S/C12H25NS/c1-5-13-12(11-6-7-11)8-14-10(4)9(2)3/h9-13H,5-8H2,1-4H3. The maximum atomic E-state index is 3.62. The monoisotopic (exact) mass is 215 g/mol. The highest BCUT2D eigenvalue weighted by molar-refractivity contribution is 7.99. The molecule has 0 heterocycles. The lowest BCUT2D eigenvalue weighted by molar-refractivity contribution is 0.517. The first kappa shape index (κ1) is 12.4. The Labute approximate surface area is 93.4 Å². The highest BCUT2D eigenvalue weighted by Gasteiger charge is 2.30. The van der Waals surface area contributed by atoms with Crippen LogP contribution in [0, 0.1) is 11.8 Å². The Morgan fingerprint density at radius 3 is 2.36 bits per heavy atom. The fourth-order valence-electron chi connectivity index (χ4n) is 1.57. The van der Waals surface area contributed by atoms with Crippen LogP contribution in [0.4, 0.5) is 0 Å². The molecular formula is C12H25NS. The van der Waals surface area contributed by atoms with Crippen LogP contribution in [0.15, 0.2) is 0 Å². The van der Waals surface area contributed by atoms with Crippen molar-refractivity contribution in [3.05, 3.63) is 0 Å². The summed E-state index contributed by atoms with van der Waals surface area (Å²) in [7, 11) is 0. The summed E-state index contributed by atoms with van der Waals surface area (Å²) < 4.78 is 0. The summed E-state index contributed by atoms with van der Waals surface area (Å²) in [5.74, 6) is 3.10. The van der Waals surface area contributed by atoms with Crippen LogP contribution in [0.2, 0.25) is 0 Å². The molecule has 0 aromatic rings. The Balaban J connectivity index is 2.18. The van der Waals surface area contributed by atoms with Crippen molar-refractivity contribution < 1.29 is 0 Å². The van der Waals surface area contributed by atoms with Gasteiger partial charge < -0.3 is 5.32 Å². The van der Waals surface area contributed by atoms with Gasteiger partial charge in [0.2, 0.25) is 0 Å². The van der Waals surface area contributed by atoms with Crippen LogP contribution >= 0.6 is 11.8 Å². The van der Waals surface area contributed by atoms with Crippen molar-refractivity contribution in [3.63, 3.8) is 0 Å². The Morgan fingerprint density at radius 2 is 1.93 bits per heavy atom. The first-order chi connectivity index (χ1) is 6.65. The van der Waals surface area contributed by atoms with Gasteiger partial charge >= 0.3 is 0 Å². The minimum atomic E-state index is 0.784. The molecule has 0 amide bonds. The number of rotatable bonds is 7. The van der Waals surface area contributed by atoms with Crippen LogP contribution < -0.4 is 5.32 Å². The van der Waals surface area contributed by atoms with E-state index in [0.717, 1.165) is 29.7 Å². The van der Waals surface area contributed by atoms with E-state index in [1.807, 2.05) is 0 Å². The van der Waals surface area contributed by atoms with Crippen molar-refractivity contribution in [1.82, 2.24) is 5.32 Å². The Kier molecular flexibility index (Phi) is 5.32. The topological polar surface area (TPSA) is 12.0 Å². The molecule has 1 aliphatic rings. The molecule has 1 saturated carbocycles. The molecule has 2 heteroatoms. The SMILES string of the molecule is CCNC(CSC(C)C(C)C)C1CC1. The summed E-state index contributed by atoms with van der Waals surface area (Å²) in [6.07, 6.45) is 2.91. The molecular weight excluding hydrogens is 190 g/mol. The van der Waals surface area contributed by atoms with Gasteiger partial charge in [-0.15, -0.1) is 0 Å². The molecule has 1 aliphatic carbocycles. The maximum Gasteiger partial charge on any atom is 0.0186 e. The fraction of sp³-hybridized carbons (Fsp3) is 1.00. The van der Waals surface area contributed by atoms with E-state index in [1.54, 1.807) is 0 Å². The van der Waals surface area contributed by atoms with Crippen LogP contribution in [-0.4, -0.2) is 23.6 Å². The molecule has 84 valence electrons. The largest absolute Gasteiger partial charge is 0.313 e. The second-order valence-corrected chi connectivity index (χ2v) is 6.19. The lowest BCUT2D eigenvalue weighted by Crippen LogP contribution is -2.33. The molecule has 14 heavy (non-hydrogen) atoms. The van der Waals surface area contributed by atoms with Gasteiger partial charge in [0.1, 0.15) is 0 Å². The molecule has 1 fully saturated rings. The molecule has 0 aliphatic heterocycles. The van der Waals surface area contributed by atoms with Crippen LogP contribution in [0.25, 0.3) is 0 Å². The lowest BCUT2D eigenvalue weighted by Gasteiger charge is -2.21. The van der Waals surface area contributed by atoms with Gasteiger partial charge in [0.25, 0.3) is 0 Å². The van der Waals surface area contributed by atoms with E-state index in [2.05, 4.69) is 44.8 Å². The fourth-order valence-corrected chi connectivity index (χ4v) is 2.86. The third kappa shape index (κ3) is 4.22. The van der Waals surface area contributed by atoms with Crippen LogP contribution in [-0.2, 0) is 0 Å². The summed E-state index contributed by atoms with van der Waals surface area (Å²) in [4.78, 5) is 0. The van der Waals surface area contributed by atoms with Gasteiger partial charge in [-0.1, -0.05) is 27.7 Å². The van der Waals surface area contributed by atoms with E-state index in [9.17, 15) is 0 Å². The van der Waals surface area contributed by atoms with Gasteiger partial charge in [0.05, 0.1) is 0 Å². The van der Waals surface area contributed by atoms with Crippen LogP contribution in [0.1, 0.15) is 40.5 Å². The lowest BCUT2D eigenvalue weighted by atomic mass is 10.2. The van der Waals surface area contributed by atoms with E-state index in [1.165, 1.54) is 18.6 Å². The summed E-state index contributed by atoms with van der Waals surface area (Å²) in [5.41, 5.74) is 0. The quantitative estimate of drug-likeness (QED) is 0.700. The van der Waals surface area contributed by atoms with E-state index < -0.39 is 0 Å². The van der Waals surface area contributed by atoms with Crippen molar-refractivity contribution in [2.24, 2.45) is 11.8 Å². The van der Waals surface area contributed by atoms with Crippen molar-refractivity contribution >= 4 is 11.8 Å². The Hall–Kier alpha value is 0.310. The van der Waals surface area contributed by atoms with E-state index in [4.69, 9.17) is 0 Å². The number of hydrogen-bond acceptors (Lipinski definition) is 2. The Bertz CT molecular complexity index is 154. The number of nitrogens with one attached hydrogen (secondary N) is 1. The molecule has 0 radical (unpaired) electrons.